The summed E-state index contributed by atoms with van der Waals surface area (Å²) < 4.78 is 34.0. The zero-order valence-corrected chi connectivity index (χ0v) is 17.4. The van der Waals surface area contributed by atoms with Crippen LogP contribution in [0.3, 0.4) is 0 Å². The van der Waals surface area contributed by atoms with Gasteiger partial charge in [-0.2, -0.15) is 4.31 Å². The van der Waals surface area contributed by atoms with Crippen molar-refractivity contribution in [3.63, 3.8) is 0 Å². The minimum Gasteiger partial charge on any atom is -0.423 e. The lowest BCUT2D eigenvalue weighted by atomic mass is 9.56. The molecule has 2 aliphatic heterocycles. The molecule has 1 saturated carbocycles. The van der Waals surface area contributed by atoms with E-state index in [1.165, 1.54) is 0 Å². The van der Waals surface area contributed by atoms with Gasteiger partial charge in [-0.05, 0) is 60.9 Å². The summed E-state index contributed by atoms with van der Waals surface area (Å²) in [4.78, 5) is 7.86. The second kappa shape index (κ2) is 5.94. The van der Waals surface area contributed by atoms with Crippen molar-refractivity contribution in [2.24, 2.45) is 5.41 Å². The van der Waals surface area contributed by atoms with Crippen LogP contribution in [0, 0.1) is 12.3 Å². The zero-order chi connectivity index (χ0) is 20.7. The molecule has 154 valence electrons. The van der Waals surface area contributed by atoms with Crippen LogP contribution < -0.4 is 5.46 Å². The first-order valence-corrected chi connectivity index (χ1v) is 11.7. The smallest absolute Gasteiger partial charge is 0.423 e. The van der Waals surface area contributed by atoms with Crippen molar-refractivity contribution in [1.29, 1.82) is 0 Å². The summed E-state index contributed by atoms with van der Waals surface area (Å²) in [6, 6.07) is 9.05. The molecule has 2 N–H and O–H groups in total. The number of aromatic amines is 1. The van der Waals surface area contributed by atoms with Gasteiger partial charge in [-0.1, -0.05) is 12.1 Å². The minimum absolute atomic E-state index is 0.121. The second-order valence-corrected chi connectivity index (χ2v) is 11.0. The van der Waals surface area contributed by atoms with E-state index in [0.29, 0.717) is 30.8 Å². The molecular formula is C21H22BN3O4S. The molecule has 2 aromatic heterocycles. The van der Waals surface area contributed by atoms with E-state index in [1.807, 2.05) is 25.3 Å². The van der Waals surface area contributed by atoms with Crippen LogP contribution in [0.1, 0.15) is 30.4 Å². The number of hydrogen-bond donors (Lipinski definition) is 2. The van der Waals surface area contributed by atoms with Crippen molar-refractivity contribution < 1.29 is 18.1 Å². The van der Waals surface area contributed by atoms with Crippen LogP contribution in [-0.2, 0) is 20.3 Å². The van der Waals surface area contributed by atoms with Gasteiger partial charge in [0.25, 0.3) is 0 Å². The lowest BCUT2D eigenvalue weighted by molar-refractivity contribution is -0.108. The van der Waals surface area contributed by atoms with Crippen LogP contribution in [0.5, 0.6) is 0 Å². The predicted molar refractivity (Wildman–Crippen MR) is 113 cm³/mol. The molecule has 3 aromatic rings. The number of benzene rings is 1. The number of fused-ring (bicyclic) bond motifs is 4. The Balaban J connectivity index is 1.30. The summed E-state index contributed by atoms with van der Waals surface area (Å²) in [5.74, 6) is 0. The predicted octanol–water partition coefficient (Wildman–Crippen LogP) is 1.66. The Labute approximate surface area is 175 Å². The first-order chi connectivity index (χ1) is 14.3. The van der Waals surface area contributed by atoms with E-state index >= 15 is 0 Å². The number of nitrogens with one attached hydrogen (secondary N) is 1. The SMILES string of the molecule is Cc1cccc(S(=O)(=O)N2CCC3(C2)CC2(C3)OB(O)c3cnc4[nH]ccc4c32)c1. The third-order valence-corrected chi connectivity index (χ3v) is 8.87. The fraction of sp³-hybridized carbons (Fsp3) is 0.381. The summed E-state index contributed by atoms with van der Waals surface area (Å²) >= 11 is 0. The number of pyridine rings is 1. The van der Waals surface area contributed by atoms with Crippen molar-refractivity contribution in [3.05, 3.63) is 53.9 Å². The van der Waals surface area contributed by atoms with E-state index in [1.54, 1.807) is 28.7 Å². The summed E-state index contributed by atoms with van der Waals surface area (Å²) in [7, 11) is -4.50. The number of nitrogens with zero attached hydrogens (tertiary/aromatic N) is 2. The summed E-state index contributed by atoms with van der Waals surface area (Å²) in [5, 5.41) is 11.5. The Hall–Kier alpha value is -2.20. The molecule has 9 heteroatoms. The highest BCUT2D eigenvalue weighted by atomic mass is 32.2. The van der Waals surface area contributed by atoms with Crippen molar-refractivity contribution in [3.8, 4) is 0 Å². The largest absolute Gasteiger partial charge is 0.493 e. The number of hydrogen-bond acceptors (Lipinski definition) is 5. The van der Waals surface area contributed by atoms with Crippen LogP contribution in [0.4, 0.5) is 0 Å². The average Bonchev–Trinajstić information content (AvgIpc) is 3.39. The molecule has 0 atom stereocenters. The monoisotopic (exact) mass is 423 g/mol. The first-order valence-electron chi connectivity index (χ1n) is 10.2. The normalized spacial score (nSPS) is 28.5. The zero-order valence-electron chi connectivity index (χ0n) is 16.6. The van der Waals surface area contributed by atoms with Gasteiger partial charge in [0.15, 0.2) is 0 Å². The van der Waals surface area contributed by atoms with Gasteiger partial charge in [0.05, 0.1) is 10.5 Å². The summed E-state index contributed by atoms with van der Waals surface area (Å²) in [5.41, 5.74) is 2.75. The van der Waals surface area contributed by atoms with Crippen molar-refractivity contribution in [1.82, 2.24) is 14.3 Å². The Kier molecular flexibility index (Phi) is 3.68. The Bertz CT molecular complexity index is 1280. The molecule has 7 nitrogen and oxygen atoms in total. The third-order valence-electron chi connectivity index (χ3n) is 7.03. The highest BCUT2D eigenvalue weighted by Crippen LogP contribution is 2.62. The highest BCUT2D eigenvalue weighted by Gasteiger charge is 2.64. The van der Waals surface area contributed by atoms with Gasteiger partial charge >= 0.3 is 7.12 Å². The Morgan fingerprint density at radius 1 is 1.30 bits per heavy atom. The van der Waals surface area contributed by atoms with E-state index in [9.17, 15) is 13.4 Å². The van der Waals surface area contributed by atoms with Crippen LogP contribution >= 0.6 is 0 Å². The molecule has 0 radical (unpaired) electrons. The van der Waals surface area contributed by atoms with Gasteiger partial charge in [0.1, 0.15) is 5.65 Å². The first kappa shape index (κ1) is 18.6. The van der Waals surface area contributed by atoms with Crippen molar-refractivity contribution in [2.75, 3.05) is 13.1 Å². The second-order valence-electron chi connectivity index (χ2n) is 9.05. The molecule has 2 fully saturated rings. The van der Waals surface area contributed by atoms with Crippen LogP contribution in [-0.4, -0.2) is 47.9 Å². The maximum atomic E-state index is 13.2. The van der Waals surface area contributed by atoms with Gasteiger partial charge in [0, 0.05) is 36.3 Å². The van der Waals surface area contributed by atoms with E-state index < -0.39 is 22.7 Å². The van der Waals surface area contributed by atoms with Gasteiger partial charge in [-0.3, -0.25) is 0 Å². The lowest BCUT2D eigenvalue weighted by Crippen LogP contribution is -2.52. The van der Waals surface area contributed by atoms with Crippen LogP contribution in [0.25, 0.3) is 11.0 Å². The molecule has 6 rings (SSSR count). The number of H-pyrrole nitrogens is 1. The molecule has 30 heavy (non-hydrogen) atoms. The van der Waals surface area contributed by atoms with Crippen molar-refractivity contribution in [2.45, 2.75) is 36.7 Å². The highest BCUT2D eigenvalue weighted by molar-refractivity contribution is 7.89. The molecule has 3 aliphatic rings. The third kappa shape index (κ3) is 2.43. The molecule has 1 aromatic carbocycles. The minimum atomic E-state index is -3.51. The number of sulfonamides is 1. The van der Waals surface area contributed by atoms with Gasteiger partial charge in [-0.15, -0.1) is 0 Å². The molecule has 1 aliphatic carbocycles. The molecular weight excluding hydrogens is 401 g/mol. The van der Waals surface area contributed by atoms with Gasteiger partial charge in [-0.25, -0.2) is 13.4 Å². The molecule has 2 spiro atoms. The number of rotatable bonds is 2. The molecule has 1 saturated heterocycles. The number of aryl methyl sites for hydroxylation is 1. The van der Waals surface area contributed by atoms with Crippen LogP contribution in [0.15, 0.2) is 47.6 Å². The van der Waals surface area contributed by atoms with E-state index in [-0.39, 0.29) is 5.41 Å². The molecule has 0 unspecified atom stereocenters. The maximum absolute atomic E-state index is 13.2. The molecule has 4 heterocycles. The fourth-order valence-electron chi connectivity index (χ4n) is 5.79. The summed E-state index contributed by atoms with van der Waals surface area (Å²) in [6.45, 7) is 2.90. The molecule has 0 bridgehead atoms. The van der Waals surface area contributed by atoms with Gasteiger partial charge < -0.3 is 14.7 Å². The topological polar surface area (TPSA) is 95.5 Å². The maximum Gasteiger partial charge on any atom is 0.493 e. The lowest BCUT2D eigenvalue weighted by Gasteiger charge is -2.53. The average molecular weight is 423 g/mol. The summed E-state index contributed by atoms with van der Waals surface area (Å²) in [6.07, 6.45) is 5.73. The number of aromatic nitrogens is 2. The van der Waals surface area contributed by atoms with E-state index in [4.69, 9.17) is 4.65 Å². The van der Waals surface area contributed by atoms with Crippen LogP contribution in [0.2, 0.25) is 0 Å². The Morgan fingerprint density at radius 3 is 2.93 bits per heavy atom. The molecule has 0 amide bonds. The van der Waals surface area contributed by atoms with E-state index in [2.05, 4.69) is 9.97 Å². The van der Waals surface area contributed by atoms with Crippen molar-refractivity contribution >= 4 is 33.6 Å². The van der Waals surface area contributed by atoms with E-state index in [0.717, 1.165) is 34.0 Å². The standard InChI is InChI=1S/C21H22BN3O4S/c1-14-3-2-4-15(9-14)30(27,28)25-8-6-20(13-25)11-21(12-20)18-16-5-7-23-19(16)24-10-17(18)22(26)29-21/h2-5,7,9-10,26H,6,8,11-13H2,1H3,(H,23,24). The Morgan fingerprint density at radius 2 is 2.13 bits per heavy atom. The fourth-order valence-corrected chi connectivity index (χ4v) is 7.45. The van der Waals surface area contributed by atoms with Gasteiger partial charge in [0.2, 0.25) is 10.0 Å². The quantitative estimate of drug-likeness (QED) is 0.612.